The first-order chi connectivity index (χ1) is 34.1. The molecule has 6 heterocycles. The van der Waals surface area contributed by atoms with Gasteiger partial charge in [-0.1, -0.05) is 83.1 Å². The number of carbonyl (C=O) groups excluding carboxylic acids is 1. The van der Waals surface area contributed by atoms with Crippen molar-refractivity contribution in [1.29, 1.82) is 0 Å². The van der Waals surface area contributed by atoms with Crippen molar-refractivity contribution in [3.05, 3.63) is 142 Å². The first-order valence-electron chi connectivity index (χ1n) is 23.1. The first-order valence-corrected chi connectivity index (χ1v) is 23.1. The summed E-state index contributed by atoms with van der Waals surface area (Å²) in [6.45, 7) is 8.07. The summed E-state index contributed by atoms with van der Waals surface area (Å²) in [5.41, 5.74) is 12.3. The third-order valence-electron chi connectivity index (χ3n) is 13.5. The van der Waals surface area contributed by atoms with E-state index >= 15 is 0 Å². The van der Waals surface area contributed by atoms with Gasteiger partial charge in [-0.2, -0.15) is 36.3 Å². The number of aromatic nitrogens is 4. The fourth-order valence-electron chi connectivity index (χ4n) is 9.41. The zero-order valence-corrected chi connectivity index (χ0v) is 38.5. The van der Waals surface area contributed by atoms with E-state index in [0.717, 1.165) is 90.5 Å². The van der Waals surface area contributed by atoms with Gasteiger partial charge in [-0.3, -0.25) is 14.6 Å². The summed E-state index contributed by atoms with van der Waals surface area (Å²) in [5, 5.41) is 18.4. The molecule has 4 aliphatic heterocycles. The minimum atomic E-state index is -4.73. The first kappa shape index (κ1) is 50.9. The van der Waals surface area contributed by atoms with Gasteiger partial charge in [0.1, 0.15) is 0 Å². The van der Waals surface area contributed by atoms with Gasteiger partial charge < -0.3 is 34.7 Å². The molecular formula is C50H52F6N8O7. The average molecular weight is 991 g/mol. The maximum Gasteiger partial charge on any atom is 0.471 e. The Hall–Kier alpha value is -6.52. The number of carboxylic acids is 1. The lowest BCUT2D eigenvalue weighted by atomic mass is 9.85. The molecule has 10 rings (SSSR count). The number of carbonyl (C=O) groups is 2. The predicted octanol–water partition coefficient (Wildman–Crippen LogP) is 8.10. The van der Waals surface area contributed by atoms with Crippen LogP contribution in [0.1, 0.15) is 80.4 Å². The molecule has 0 bridgehead atoms. The molecule has 2 aromatic heterocycles. The van der Waals surface area contributed by atoms with Crippen LogP contribution < -0.4 is 11.1 Å². The highest BCUT2D eigenvalue weighted by Crippen LogP contribution is 2.35. The van der Waals surface area contributed by atoms with Crippen molar-refractivity contribution in [3.8, 4) is 22.8 Å². The molecule has 4 aliphatic rings. The second kappa shape index (κ2) is 21.9. The Kier molecular flexibility index (Phi) is 15.7. The molecule has 2 saturated heterocycles. The number of alkyl halides is 6. The van der Waals surface area contributed by atoms with Gasteiger partial charge in [0.15, 0.2) is 0 Å². The summed E-state index contributed by atoms with van der Waals surface area (Å²) in [7, 11) is 0. The molecule has 0 aliphatic carbocycles. The van der Waals surface area contributed by atoms with E-state index in [-0.39, 0.29) is 45.3 Å². The maximum absolute atomic E-state index is 13.1. The van der Waals surface area contributed by atoms with Gasteiger partial charge in [-0.25, -0.2) is 4.79 Å². The van der Waals surface area contributed by atoms with Gasteiger partial charge in [0.2, 0.25) is 11.6 Å². The van der Waals surface area contributed by atoms with E-state index in [1.165, 1.54) is 52.6 Å². The summed E-state index contributed by atoms with van der Waals surface area (Å²) in [5.74, 6) is -4.94. The van der Waals surface area contributed by atoms with Gasteiger partial charge in [-0.05, 0) is 85.0 Å². The molecule has 21 heteroatoms. The van der Waals surface area contributed by atoms with E-state index in [9.17, 15) is 35.9 Å². The number of hydrogen-bond acceptors (Lipinski definition) is 13. The average Bonchev–Trinajstić information content (AvgIpc) is 4.12. The number of fused-ring (bicyclic) bond motifs is 2. The van der Waals surface area contributed by atoms with Crippen molar-refractivity contribution in [3.63, 3.8) is 0 Å². The summed E-state index contributed by atoms with van der Waals surface area (Å²) in [4.78, 5) is 35.4. The Bertz CT molecular complexity index is 2770. The number of ether oxygens (including phenoxy) is 2. The molecule has 4 N–H and O–H groups in total. The largest absolute Gasteiger partial charge is 0.478 e. The number of hydrogen-bond donors (Lipinski definition) is 3. The van der Waals surface area contributed by atoms with E-state index in [2.05, 4.69) is 93.0 Å². The van der Waals surface area contributed by atoms with Gasteiger partial charge in [-0.15, -0.1) is 0 Å². The van der Waals surface area contributed by atoms with Gasteiger partial charge in [0, 0.05) is 93.5 Å². The molecule has 0 atom stereocenters. The number of amides is 1. The second-order valence-electron chi connectivity index (χ2n) is 17.7. The zero-order chi connectivity index (χ0) is 50.2. The molecule has 0 unspecified atom stereocenters. The van der Waals surface area contributed by atoms with Crippen LogP contribution in [-0.2, 0) is 47.8 Å². The van der Waals surface area contributed by atoms with Crippen molar-refractivity contribution in [1.82, 2.24) is 35.4 Å². The fraction of sp³-hybridized carbons (Fsp3) is 0.400. The number of nitrogens with two attached hydrogens (primary N) is 1. The lowest BCUT2D eigenvalue weighted by molar-refractivity contribution is -0.160. The van der Waals surface area contributed by atoms with E-state index < -0.39 is 30.1 Å². The van der Waals surface area contributed by atoms with E-state index in [1.54, 1.807) is 12.1 Å². The smallest absolute Gasteiger partial charge is 0.471 e. The molecule has 0 saturated carbocycles. The van der Waals surface area contributed by atoms with E-state index in [4.69, 9.17) is 20.3 Å². The summed E-state index contributed by atoms with van der Waals surface area (Å²) < 4.78 is 94.6. The normalized spacial score (nSPS) is 17.8. The van der Waals surface area contributed by atoms with Crippen molar-refractivity contribution < 1.29 is 59.6 Å². The molecule has 71 heavy (non-hydrogen) atoms. The van der Waals surface area contributed by atoms with Crippen LogP contribution in [0, 0.1) is 0 Å². The zero-order valence-electron chi connectivity index (χ0n) is 38.5. The Morgan fingerprint density at radius 2 is 1.06 bits per heavy atom. The standard InChI is InChI=1S/C25H25F3N4O3.C15H22N2O.C10H5F3N2O3/c26-25(27,28)23-30-21(31-35-23)18-6-3-7-19(14-18)22(33)29-16-24(9-12-34-13-10-24)32-11-8-17-4-1-2-5-20(17)15-32;16-12-15(6-9-18-10-7-15)17-8-5-13-3-1-2-4-14(13)11-17;11-10(12,13)9-14-7(15-18-9)5-2-1-3-6(4-5)8(16)17/h1-7,14H,8-13,15-16H2,(H,29,33);1-4H,5-12,16H2;1-4H,(H,16,17). The molecule has 376 valence electrons. The third-order valence-corrected chi connectivity index (χ3v) is 13.5. The number of benzene rings is 4. The van der Waals surface area contributed by atoms with Crippen molar-refractivity contribution in [2.75, 3.05) is 52.6 Å². The van der Waals surface area contributed by atoms with Crippen LogP contribution in [0.5, 0.6) is 0 Å². The van der Waals surface area contributed by atoms with Gasteiger partial charge in [0.25, 0.3) is 5.91 Å². The molecule has 0 radical (unpaired) electrons. The number of nitrogens with one attached hydrogen (secondary N) is 1. The monoisotopic (exact) mass is 990 g/mol. The van der Waals surface area contributed by atoms with Crippen LogP contribution in [0.25, 0.3) is 22.8 Å². The number of halogens is 6. The van der Waals surface area contributed by atoms with E-state index in [0.29, 0.717) is 25.3 Å². The number of carboxylic acid groups (broad SMARTS) is 1. The topological polar surface area (TPSA) is 195 Å². The third kappa shape index (κ3) is 12.2. The van der Waals surface area contributed by atoms with Gasteiger partial charge >= 0.3 is 30.1 Å². The Morgan fingerprint density at radius 1 is 0.620 bits per heavy atom. The van der Waals surface area contributed by atoms with Crippen LogP contribution in [-0.4, -0.2) is 111 Å². The van der Waals surface area contributed by atoms with Crippen LogP contribution in [0.3, 0.4) is 0 Å². The summed E-state index contributed by atoms with van der Waals surface area (Å²) >= 11 is 0. The molecule has 15 nitrogen and oxygen atoms in total. The Labute approximate surface area is 404 Å². The minimum Gasteiger partial charge on any atom is -0.478 e. The lowest BCUT2D eigenvalue weighted by Gasteiger charge is -2.48. The van der Waals surface area contributed by atoms with Crippen LogP contribution in [0.2, 0.25) is 0 Å². The summed E-state index contributed by atoms with van der Waals surface area (Å²) in [6, 6.07) is 28.6. The van der Waals surface area contributed by atoms with Crippen molar-refractivity contribution >= 4 is 11.9 Å². The van der Waals surface area contributed by atoms with Crippen molar-refractivity contribution in [2.24, 2.45) is 5.73 Å². The van der Waals surface area contributed by atoms with Crippen molar-refractivity contribution in [2.45, 2.75) is 75.0 Å². The van der Waals surface area contributed by atoms with E-state index in [1.807, 2.05) is 0 Å². The van der Waals surface area contributed by atoms with Crippen LogP contribution in [0.4, 0.5) is 26.3 Å². The quantitative estimate of drug-likeness (QED) is 0.118. The number of rotatable bonds is 9. The molecule has 0 spiro atoms. The van der Waals surface area contributed by atoms with Crippen LogP contribution in [0.15, 0.2) is 106 Å². The Morgan fingerprint density at radius 3 is 1.51 bits per heavy atom. The second-order valence-corrected chi connectivity index (χ2v) is 17.7. The number of nitrogens with zero attached hydrogens (tertiary/aromatic N) is 6. The van der Waals surface area contributed by atoms with Gasteiger partial charge in [0.05, 0.1) is 5.56 Å². The molecule has 6 aromatic rings. The molecule has 1 amide bonds. The minimum absolute atomic E-state index is 0.0779. The molecule has 2 fully saturated rings. The SMILES string of the molecule is NCC1(N2CCc3ccccc3C2)CCOCC1.O=C(NCC1(N2CCc3ccccc3C2)CCOCC1)c1cccc(-c2noc(C(F)(F)F)n2)c1.O=C(O)c1cccc(-c2noc(C(F)(F)F)n2)c1. The highest BCUT2D eigenvalue weighted by atomic mass is 19.4. The summed E-state index contributed by atoms with van der Waals surface area (Å²) in [6.07, 6.45) is -3.59. The fourth-order valence-corrected chi connectivity index (χ4v) is 9.41. The Balaban J connectivity index is 0.000000158. The molecule has 4 aromatic carbocycles. The lowest BCUT2D eigenvalue weighted by Crippen LogP contribution is -2.59. The number of aromatic carboxylic acids is 1. The highest BCUT2D eigenvalue weighted by molar-refractivity contribution is 5.95. The maximum atomic E-state index is 13.1. The van der Waals surface area contributed by atoms with Crippen LogP contribution >= 0.6 is 0 Å². The molecular weight excluding hydrogens is 939 g/mol. The predicted molar refractivity (Wildman–Crippen MR) is 244 cm³/mol. The highest BCUT2D eigenvalue weighted by Gasteiger charge is 2.42.